The van der Waals surface area contributed by atoms with Gasteiger partial charge in [-0.05, 0) is 17.7 Å². The van der Waals surface area contributed by atoms with Crippen LogP contribution in [0.25, 0.3) is 5.70 Å². The maximum absolute atomic E-state index is 5.72. The number of nitrogens with one attached hydrogen (secondary N) is 1. The van der Waals surface area contributed by atoms with E-state index in [-0.39, 0.29) is 0 Å². The maximum atomic E-state index is 5.72. The third-order valence-electron chi connectivity index (χ3n) is 1.48. The number of benzene rings is 1. The van der Waals surface area contributed by atoms with E-state index in [4.69, 9.17) is 17.3 Å². The SMILES string of the molecule is CN/C=C(\N)c1ccc(Cl)cc1. The number of rotatable bonds is 2. The molecule has 0 aromatic heterocycles. The van der Waals surface area contributed by atoms with Crippen LogP contribution in [0.1, 0.15) is 5.56 Å². The predicted octanol–water partition coefficient (Wildman–Crippen LogP) is 1.82. The molecule has 0 saturated carbocycles. The smallest absolute Gasteiger partial charge is 0.0547 e. The monoisotopic (exact) mass is 182 g/mol. The lowest BCUT2D eigenvalue weighted by molar-refractivity contribution is 1.10. The molecule has 0 saturated heterocycles. The molecule has 0 heterocycles. The van der Waals surface area contributed by atoms with Gasteiger partial charge in [0, 0.05) is 18.3 Å². The van der Waals surface area contributed by atoms with Crippen molar-refractivity contribution in [3.05, 3.63) is 41.1 Å². The molecule has 64 valence electrons. The summed E-state index contributed by atoms with van der Waals surface area (Å²) in [4.78, 5) is 0. The van der Waals surface area contributed by atoms with E-state index in [0.29, 0.717) is 5.70 Å². The molecule has 12 heavy (non-hydrogen) atoms. The molecule has 1 aromatic rings. The highest BCUT2D eigenvalue weighted by molar-refractivity contribution is 6.30. The fraction of sp³-hybridized carbons (Fsp3) is 0.111. The van der Waals surface area contributed by atoms with Gasteiger partial charge in [-0.2, -0.15) is 0 Å². The highest BCUT2D eigenvalue weighted by atomic mass is 35.5. The first-order valence-corrected chi connectivity index (χ1v) is 4.00. The van der Waals surface area contributed by atoms with E-state index in [1.54, 1.807) is 6.20 Å². The lowest BCUT2D eigenvalue weighted by Gasteiger charge is -2.00. The second-order valence-electron chi connectivity index (χ2n) is 2.40. The fourth-order valence-corrected chi connectivity index (χ4v) is 1.01. The van der Waals surface area contributed by atoms with Crippen molar-refractivity contribution in [1.29, 1.82) is 0 Å². The summed E-state index contributed by atoms with van der Waals surface area (Å²) in [7, 11) is 1.81. The van der Waals surface area contributed by atoms with Crippen LogP contribution in [0.15, 0.2) is 30.5 Å². The first kappa shape index (κ1) is 8.94. The summed E-state index contributed by atoms with van der Waals surface area (Å²) in [5.41, 5.74) is 7.38. The Morgan fingerprint density at radius 1 is 1.42 bits per heavy atom. The second kappa shape index (κ2) is 4.02. The largest absolute Gasteiger partial charge is 0.397 e. The molecule has 0 aliphatic heterocycles. The Kier molecular flexibility index (Phi) is 3.00. The van der Waals surface area contributed by atoms with E-state index < -0.39 is 0 Å². The van der Waals surface area contributed by atoms with E-state index in [0.717, 1.165) is 10.6 Å². The summed E-state index contributed by atoms with van der Waals surface area (Å²) in [6, 6.07) is 7.39. The number of halogens is 1. The van der Waals surface area contributed by atoms with Crippen LogP contribution in [0.2, 0.25) is 5.02 Å². The summed E-state index contributed by atoms with van der Waals surface area (Å²) in [6.07, 6.45) is 1.74. The van der Waals surface area contributed by atoms with Gasteiger partial charge in [-0.15, -0.1) is 0 Å². The van der Waals surface area contributed by atoms with E-state index in [2.05, 4.69) is 5.32 Å². The van der Waals surface area contributed by atoms with Gasteiger partial charge in [0.25, 0.3) is 0 Å². The van der Waals surface area contributed by atoms with Crippen LogP contribution in [-0.4, -0.2) is 7.05 Å². The average molecular weight is 183 g/mol. The number of hydrogen-bond donors (Lipinski definition) is 2. The summed E-state index contributed by atoms with van der Waals surface area (Å²) >= 11 is 5.72. The topological polar surface area (TPSA) is 38.0 Å². The molecule has 2 nitrogen and oxygen atoms in total. The Bertz CT molecular complexity index is 277. The van der Waals surface area contributed by atoms with Gasteiger partial charge in [0.1, 0.15) is 0 Å². The molecule has 0 unspecified atom stereocenters. The molecule has 0 atom stereocenters. The first-order valence-electron chi connectivity index (χ1n) is 3.63. The molecule has 1 aromatic carbocycles. The molecular weight excluding hydrogens is 172 g/mol. The molecule has 1 rings (SSSR count). The summed E-state index contributed by atoms with van der Waals surface area (Å²) in [5, 5.41) is 3.58. The van der Waals surface area contributed by atoms with Crippen LogP contribution < -0.4 is 11.1 Å². The molecule has 0 amide bonds. The number of hydrogen-bond acceptors (Lipinski definition) is 2. The first-order chi connectivity index (χ1) is 5.74. The molecule has 0 bridgehead atoms. The van der Waals surface area contributed by atoms with Crippen molar-refractivity contribution in [2.75, 3.05) is 7.05 Å². The molecule has 0 radical (unpaired) electrons. The Morgan fingerprint density at radius 2 is 2.00 bits per heavy atom. The van der Waals surface area contributed by atoms with Gasteiger partial charge in [0.15, 0.2) is 0 Å². The van der Waals surface area contributed by atoms with E-state index in [1.807, 2.05) is 31.3 Å². The minimum absolute atomic E-state index is 0.703. The van der Waals surface area contributed by atoms with Crippen LogP contribution in [0.4, 0.5) is 0 Å². The standard InChI is InChI=1S/C9H11ClN2/c1-12-6-9(11)7-2-4-8(10)5-3-7/h2-6,12H,11H2,1H3/b9-6-. The van der Waals surface area contributed by atoms with Crippen LogP contribution in [0.5, 0.6) is 0 Å². The van der Waals surface area contributed by atoms with Gasteiger partial charge < -0.3 is 11.1 Å². The van der Waals surface area contributed by atoms with Crippen molar-refractivity contribution in [3.8, 4) is 0 Å². The van der Waals surface area contributed by atoms with Crippen molar-refractivity contribution in [1.82, 2.24) is 5.32 Å². The molecule has 0 aliphatic rings. The van der Waals surface area contributed by atoms with Crippen molar-refractivity contribution < 1.29 is 0 Å². The molecule has 3 N–H and O–H groups in total. The van der Waals surface area contributed by atoms with Gasteiger partial charge in [-0.3, -0.25) is 0 Å². The highest BCUT2D eigenvalue weighted by Crippen LogP contribution is 2.12. The van der Waals surface area contributed by atoms with Crippen LogP contribution in [0.3, 0.4) is 0 Å². The lowest BCUT2D eigenvalue weighted by atomic mass is 10.2. The molecule has 0 aliphatic carbocycles. The summed E-state index contributed by atoms with van der Waals surface area (Å²) in [5.74, 6) is 0. The van der Waals surface area contributed by atoms with E-state index in [1.165, 1.54) is 0 Å². The molecule has 0 spiro atoms. The van der Waals surface area contributed by atoms with E-state index >= 15 is 0 Å². The van der Waals surface area contributed by atoms with Crippen molar-refractivity contribution >= 4 is 17.3 Å². The zero-order chi connectivity index (χ0) is 8.97. The average Bonchev–Trinajstić information content (AvgIpc) is 2.06. The highest BCUT2D eigenvalue weighted by Gasteiger charge is 1.94. The minimum Gasteiger partial charge on any atom is -0.397 e. The van der Waals surface area contributed by atoms with Gasteiger partial charge in [-0.1, -0.05) is 23.7 Å². The summed E-state index contributed by atoms with van der Waals surface area (Å²) in [6.45, 7) is 0. The predicted molar refractivity (Wildman–Crippen MR) is 52.7 cm³/mol. The van der Waals surface area contributed by atoms with Crippen LogP contribution in [0, 0.1) is 0 Å². The third kappa shape index (κ3) is 2.17. The maximum Gasteiger partial charge on any atom is 0.0547 e. The fourth-order valence-electron chi connectivity index (χ4n) is 0.881. The zero-order valence-corrected chi connectivity index (χ0v) is 7.60. The van der Waals surface area contributed by atoms with Crippen molar-refractivity contribution in [2.45, 2.75) is 0 Å². The second-order valence-corrected chi connectivity index (χ2v) is 2.83. The van der Waals surface area contributed by atoms with Crippen LogP contribution in [-0.2, 0) is 0 Å². The lowest BCUT2D eigenvalue weighted by Crippen LogP contribution is -2.02. The number of nitrogens with two attached hydrogens (primary N) is 1. The summed E-state index contributed by atoms with van der Waals surface area (Å²) < 4.78 is 0. The Labute approximate surface area is 77.0 Å². The van der Waals surface area contributed by atoms with Crippen molar-refractivity contribution in [2.24, 2.45) is 5.73 Å². The van der Waals surface area contributed by atoms with Gasteiger partial charge in [0.2, 0.25) is 0 Å². The van der Waals surface area contributed by atoms with Crippen LogP contribution >= 0.6 is 11.6 Å². The molecular formula is C9H11ClN2. The van der Waals surface area contributed by atoms with E-state index in [9.17, 15) is 0 Å². The zero-order valence-electron chi connectivity index (χ0n) is 6.84. The van der Waals surface area contributed by atoms with Gasteiger partial charge >= 0.3 is 0 Å². The Morgan fingerprint density at radius 3 is 2.50 bits per heavy atom. The normalized spacial score (nSPS) is 11.3. The van der Waals surface area contributed by atoms with Crippen molar-refractivity contribution in [3.63, 3.8) is 0 Å². The third-order valence-corrected chi connectivity index (χ3v) is 1.73. The Hall–Kier alpha value is -1.15. The molecule has 0 fully saturated rings. The quantitative estimate of drug-likeness (QED) is 0.732. The molecule has 3 heteroatoms. The van der Waals surface area contributed by atoms with Gasteiger partial charge in [-0.25, -0.2) is 0 Å². The Balaban J connectivity index is 2.89. The van der Waals surface area contributed by atoms with Gasteiger partial charge in [0.05, 0.1) is 5.70 Å². The minimum atomic E-state index is 0.703.